The molecule has 1 fully saturated rings. The molecule has 176 valence electrons. The molecule has 0 amide bonds. The fraction of sp³-hybridized carbons (Fsp3) is 0.696. The maximum Gasteiger partial charge on any atom is 0.305 e. The summed E-state index contributed by atoms with van der Waals surface area (Å²) in [5.74, 6) is 1.02. The largest absolute Gasteiger partial charge is 0.469 e. The Bertz CT molecular complexity index is 712. The third kappa shape index (κ3) is 7.95. The molecule has 0 bridgehead atoms. The van der Waals surface area contributed by atoms with E-state index in [4.69, 9.17) is 9.16 Å². The zero-order chi connectivity index (χ0) is 23.3. The summed E-state index contributed by atoms with van der Waals surface area (Å²) in [5.41, 5.74) is 2.56. The van der Waals surface area contributed by atoms with Crippen molar-refractivity contribution >= 4 is 87.7 Å². The van der Waals surface area contributed by atoms with E-state index in [0.29, 0.717) is 18.3 Å². The van der Waals surface area contributed by atoms with Crippen molar-refractivity contribution in [1.82, 2.24) is 0 Å². The Hall–Kier alpha value is 0.857. The highest BCUT2D eigenvalue weighted by molar-refractivity contribution is 14.3. The van der Waals surface area contributed by atoms with Crippen LogP contribution in [0.15, 0.2) is 24.3 Å². The van der Waals surface area contributed by atoms with Crippen molar-refractivity contribution < 1.29 is 14.0 Å². The van der Waals surface area contributed by atoms with Gasteiger partial charge in [-0.1, -0.05) is 93.8 Å². The summed E-state index contributed by atoms with van der Waals surface area (Å²) in [4.78, 5) is 11.5. The number of nitrogens with one attached hydrogen (secondary N) is 1. The maximum absolute atomic E-state index is 11.5. The smallest absolute Gasteiger partial charge is 0.305 e. The molecule has 2 rings (SSSR count). The van der Waals surface area contributed by atoms with Gasteiger partial charge in [0.05, 0.1) is 13.7 Å². The van der Waals surface area contributed by atoms with Gasteiger partial charge in [0.1, 0.15) is -0.565 Å². The molecule has 1 aliphatic rings. The van der Waals surface area contributed by atoms with E-state index in [0.717, 1.165) is 44.5 Å². The lowest BCUT2D eigenvalue weighted by Crippen LogP contribution is -2.49. The molecule has 4 nitrogen and oxygen atoms in total. The van der Waals surface area contributed by atoms with Crippen LogP contribution in [0.25, 0.3) is 0 Å². The number of methoxy groups -OCH3 is 1. The Labute approximate surface area is 230 Å². The van der Waals surface area contributed by atoms with E-state index in [1.54, 1.807) is 0 Å². The highest BCUT2D eigenvalue weighted by Crippen LogP contribution is 2.60. The van der Waals surface area contributed by atoms with Gasteiger partial charge in [0.2, 0.25) is 0 Å². The summed E-state index contributed by atoms with van der Waals surface area (Å²) in [6.45, 7) is 10.9. The Kier molecular flexibility index (Phi) is 10.9. The Balaban J connectivity index is 1.78. The number of rotatable bonds is 10. The average Bonchev–Trinajstić information content (AvgIpc) is 2.71. The van der Waals surface area contributed by atoms with Crippen molar-refractivity contribution in [3.8, 4) is 0 Å². The van der Waals surface area contributed by atoms with Gasteiger partial charge in [-0.05, 0) is 68.3 Å². The maximum atomic E-state index is 11.5. The molecule has 0 saturated heterocycles. The summed E-state index contributed by atoms with van der Waals surface area (Å²) in [6.07, 6.45) is 5.10. The third-order valence-electron chi connectivity index (χ3n) is 7.02. The van der Waals surface area contributed by atoms with Gasteiger partial charge in [-0.25, -0.2) is 0 Å². The van der Waals surface area contributed by atoms with E-state index < -0.39 is 8.32 Å². The molecular formula is C23H36I3NO3Si. The molecule has 1 aromatic rings. The van der Waals surface area contributed by atoms with Gasteiger partial charge in [-0.3, -0.25) is 4.79 Å². The molecule has 0 radical (unpaired) electrons. The summed E-state index contributed by atoms with van der Waals surface area (Å²) in [5, 5.41) is 3.66. The predicted molar refractivity (Wildman–Crippen MR) is 159 cm³/mol. The molecule has 1 N–H and O–H groups in total. The molecule has 0 atom stereocenters. The molecule has 31 heavy (non-hydrogen) atoms. The zero-order valence-corrected chi connectivity index (χ0v) is 26.7. The van der Waals surface area contributed by atoms with E-state index in [9.17, 15) is 4.79 Å². The molecule has 1 aromatic carbocycles. The number of hydrogen-bond acceptors (Lipinski definition) is 4. The fourth-order valence-electron chi connectivity index (χ4n) is 3.92. The van der Waals surface area contributed by atoms with Gasteiger partial charge in [0, 0.05) is 23.7 Å². The van der Waals surface area contributed by atoms with E-state index >= 15 is 0 Å². The number of carbonyl (C=O) groups is 1. The minimum Gasteiger partial charge on any atom is -0.469 e. The topological polar surface area (TPSA) is 47.6 Å². The van der Waals surface area contributed by atoms with Crippen LogP contribution in [-0.4, -0.2) is 34.0 Å². The fourth-order valence-corrected chi connectivity index (χ4v) is 11.4. The molecule has 8 heteroatoms. The lowest BCUT2D eigenvalue weighted by atomic mass is 9.77. The van der Waals surface area contributed by atoms with E-state index in [2.05, 4.69) is 124 Å². The standard InChI is InChI=1S/C23H36I3NO3Si/c1-22(2,23(24,25)26)31(4,5)30-15-14-27-20-12-10-19(11-13-20)18-8-6-17(7-9-18)16-21(28)29-3/h10-13,17-18,27H,6-9,14-16H2,1-5H3/t17-,18-. The predicted octanol–water partition coefficient (Wildman–Crippen LogP) is 7.90. The molecule has 0 heterocycles. The summed E-state index contributed by atoms with van der Waals surface area (Å²) in [7, 11) is -0.370. The Morgan fingerprint density at radius 3 is 2.19 bits per heavy atom. The summed E-state index contributed by atoms with van der Waals surface area (Å²) < 4.78 is 11.4. The normalized spacial score (nSPS) is 20.4. The number of carbonyl (C=O) groups excluding carboxylic acids is 1. The van der Waals surface area contributed by atoms with Crippen LogP contribution in [0, 0.1) is 5.92 Å². The molecule has 0 unspecified atom stereocenters. The van der Waals surface area contributed by atoms with Crippen molar-refractivity contribution in [1.29, 1.82) is 0 Å². The van der Waals surface area contributed by atoms with Gasteiger partial charge >= 0.3 is 5.97 Å². The van der Waals surface area contributed by atoms with Crippen molar-refractivity contribution in [2.45, 2.75) is 69.4 Å². The number of hydrogen-bond donors (Lipinski definition) is 1. The third-order valence-corrected chi connectivity index (χ3v) is 16.9. The van der Waals surface area contributed by atoms with Crippen LogP contribution in [0.4, 0.5) is 5.69 Å². The minimum absolute atomic E-state index is 0.0744. The lowest BCUT2D eigenvalue weighted by molar-refractivity contribution is -0.142. The van der Waals surface area contributed by atoms with Crippen molar-refractivity contribution in [3.63, 3.8) is 0 Å². The highest BCUT2D eigenvalue weighted by atomic mass is 127. The summed E-state index contributed by atoms with van der Waals surface area (Å²) >= 11 is 7.61. The average molecular weight is 783 g/mol. The first-order valence-corrected chi connectivity index (χ1v) is 17.1. The van der Waals surface area contributed by atoms with Crippen molar-refractivity contribution in [2.75, 3.05) is 25.6 Å². The van der Waals surface area contributed by atoms with Gasteiger partial charge in [-0.2, -0.15) is 0 Å². The quantitative estimate of drug-likeness (QED) is 0.0863. The second-order valence-corrected chi connectivity index (χ2v) is 25.1. The van der Waals surface area contributed by atoms with Crippen LogP contribution in [0.2, 0.25) is 18.1 Å². The molecule has 0 aromatic heterocycles. The molecule has 1 saturated carbocycles. The number of benzene rings is 1. The van der Waals surface area contributed by atoms with Crippen LogP contribution in [-0.2, 0) is 14.0 Å². The highest BCUT2D eigenvalue weighted by Gasteiger charge is 2.52. The molecule has 1 aliphatic carbocycles. The lowest BCUT2D eigenvalue weighted by Gasteiger charge is -2.45. The molecule has 0 spiro atoms. The number of anilines is 1. The SMILES string of the molecule is COC(=O)C[C@H]1CC[C@H](c2ccc(NCCO[Si](C)(C)C(C)(C)C(I)(I)I)cc2)CC1. The number of esters is 1. The Morgan fingerprint density at radius 1 is 1.10 bits per heavy atom. The number of ether oxygens (including phenoxy) is 1. The second-order valence-electron chi connectivity index (χ2n) is 9.53. The minimum atomic E-state index is -1.85. The van der Waals surface area contributed by atoms with Crippen LogP contribution in [0.5, 0.6) is 0 Å². The van der Waals surface area contributed by atoms with Crippen LogP contribution in [0.3, 0.4) is 0 Å². The molecular weight excluding hydrogens is 747 g/mol. The summed E-state index contributed by atoms with van der Waals surface area (Å²) in [6, 6.07) is 8.89. The van der Waals surface area contributed by atoms with Crippen molar-refractivity contribution in [2.24, 2.45) is 5.92 Å². The Morgan fingerprint density at radius 2 is 1.68 bits per heavy atom. The second kappa shape index (κ2) is 12.0. The van der Waals surface area contributed by atoms with Gasteiger partial charge in [0.25, 0.3) is 0 Å². The van der Waals surface area contributed by atoms with Gasteiger partial charge in [-0.15, -0.1) is 0 Å². The zero-order valence-electron chi connectivity index (χ0n) is 19.3. The van der Waals surface area contributed by atoms with Gasteiger partial charge < -0.3 is 14.5 Å². The van der Waals surface area contributed by atoms with Crippen LogP contribution >= 0.6 is 67.8 Å². The first kappa shape index (κ1) is 28.1. The molecule has 0 aliphatic heterocycles. The van der Waals surface area contributed by atoms with E-state index in [1.165, 1.54) is 12.7 Å². The number of halogens is 3. The monoisotopic (exact) mass is 783 g/mol. The first-order chi connectivity index (χ1) is 14.4. The van der Waals surface area contributed by atoms with Crippen LogP contribution in [0.1, 0.15) is 57.4 Å². The van der Waals surface area contributed by atoms with E-state index in [-0.39, 0.29) is 10.4 Å². The van der Waals surface area contributed by atoms with Crippen LogP contribution < -0.4 is 5.32 Å². The van der Waals surface area contributed by atoms with E-state index in [1.807, 2.05) is 0 Å². The number of alkyl halides is 3. The van der Waals surface area contributed by atoms with Crippen molar-refractivity contribution in [3.05, 3.63) is 29.8 Å². The van der Waals surface area contributed by atoms with Gasteiger partial charge in [0.15, 0.2) is 8.32 Å². The first-order valence-electron chi connectivity index (χ1n) is 11.0.